The quantitative estimate of drug-likeness (QED) is 0.816. The molecule has 0 spiro atoms. The Morgan fingerprint density at radius 1 is 1.32 bits per heavy atom. The highest BCUT2D eigenvalue weighted by atomic mass is 16.6. The Bertz CT molecular complexity index is 686. The van der Waals surface area contributed by atoms with E-state index in [4.69, 9.17) is 9.47 Å². The molecule has 2 saturated heterocycles. The predicted molar refractivity (Wildman–Crippen MR) is 90.6 cm³/mol. The van der Waals surface area contributed by atoms with Gasteiger partial charge in [0.2, 0.25) is 0 Å². The Morgan fingerprint density at radius 3 is 2.72 bits per heavy atom. The van der Waals surface area contributed by atoms with Crippen molar-refractivity contribution in [3.05, 3.63) is 17.6 Å². The number of carbonyl (C=O) groups excluding carboxylic acids is 2. The van der Waals surface area contributed by atoms with Gasteiger partial charge < -0.3 is 14.4 Å². The minimum Gasteiger partial charge on any atom is -0.447 e. The molecular weight excluding hydrogens is 324 g/mol. The highest BCUT2D eigenvalue weighted by molar-refractivity contribution is 5.88. The molecule has 8 heteroatoms. The molecule has 1 aromatic heterocycles. The molecule has 1 unspecified atom stereocenters. The molecule has 136 valence electrons. The van der Waals surface area contributed by atoms with Gasteiger partial charge >= 0.3 is 12.2 Å². The standard InChI is InChI=1S/C17H24N4O4/c1-11-18-13(9-14(19-11)21-7-8-24-16(21)23)12-5-6-20(10-12)15(22)25-17(2,3)4/h9,12H,5-8,10H2,1-4H3. The molecule has 0 aliphatic carbocycles. The van der Waals surface area contributed by atoms with E-state index in [0.29, 0.717) is 37.9 Å². The number of amides is 2. The Kier molecular flexibility index (Phi) is 4.53. The van der Waals surface area contributed by atoms with Gasteiger partial charge in [0.25, 0.3) is 0 Å². The van der Waals surface area contributed by atoms with Crippen LogP contribution < -0.4 is 4.90 Å². The van der Waals surface area contributed by atoms with E-state index in [-0.39, 0.29) is 18.1 Å². The van der Waals surface area contributed by atoms with E-state index in [0.717, 1.165) is 12.1 Å². The lowest BCUT2D eigenvalue weighted by Gasteiger charge is -2.24. The molecule has 2 aliphatic rings. The van der Waals surface area contributed by atoms with E-state index in [1.54, 1.807) is 11.8 Å². The number of aromatic nitrogens is 2. The summed E-state index contributed by atoms with van der Waals surface area (Å²) < 4.78 is 10.4. The average molecular weight is 348 g/mol. The van der Waals surface area contributed by atoms with Crippen LogP contribution in [0.2, 0.25) is 0 Å². The molecule has 1 aromatic rings. The van der Waals surface area contributed by atoms with Crippen LogP contribution in [0.4, 0.5) is 15.4 Å². The molecule has 2 amide bonds. The maximum Gasteiger partial charge on any atom is 0.415 e. The molecular formula is C17H24N4O4. The molecule has 25 heavy (non-hydrogen) atoms. The summed E-state index contributed by atoms with van der Waals surface area (Å²) in [5.74, 6) is 1.26. The van der Waals surface area contributed by atoms with Crippen molar-refractivity contribution in [2.45, 2.75) is 45.6 Å². The number of likely N-dealkylation sites (tertiary alicyclic amines) is 1. The number of ether oxygens (including phenoxy) is 2. The average Bonchev–Trinajstić information content (AvgIpc) is 3.13. The van der Waals surface area contributed by atoms with E-state index in [1.807, 2.05) is 26.8 Å². The van der Waals surface area contributed by atoms with Crippen molar-refractivity contribution in [3.8, 4) is 0 Å². The van der Waals surface area contributed by atoms with Crippen LogP contribution in [-0.2, 0) is 9.47 Å². The Morgan fingerprint density at radius 2 is 2.08 bits per heavy atom. The molecule has 0 bridgehead atoms. The largest absolute Gasteiger partial charge is 0.447 e. The van der Waals surface area contributed by atoms with Crippen molar-refractivity contribution in [3.63, 3.8) is 0 Å². The number of hydrogen-bond acceptors (Lipinski definition) is 6. The fraction of sp³-hybridized carbons (Fsp3) is 0.647. The smallest absolute Gasteiger partial charge is 0.415 e. The van der Waals surface area contributed by atoms with Gasteiger partial charge in [0, 0.05) is 25.1 Å². The zero-order valence-electron chi connectivity index (χ0n) is 15.1. The summed E-state index contributed by atoms with van der Waals surface area (Å²) in [6, 6.07) is 1.82. The van der Waals surface area contributed by atoms with E-state index < -0.39 is 5.60 Å². The fourth-order valence-corrected chi connectivity index (χ4v) is 3.02. The van der Waals surface area contributed by atoms with Crippen LogP contribution in [0.15, 0.2) is 6.07 Å². The van der Waals surface area contributed by atoms with Crippen LogP contribution in [0.3, 0.4) is 0 Å². The van der Waals surface area contributed by atoms with Crippen LogP contribution in [0.1, 0.15) is 44.6 Å². The number of nitrogens with zero attached hydrogens (tertiary/aromatic N) is 4. The number of cyclic esters (lactones) is 1. The van der Waals surface area contributed by atoms with Gasteiger partial charge in [0.1, 0.15) is 23.9 Å². The summed E-state index contributed by atoms with van der Waals surface area (Å²) in [4.78, 5) is 36.1. The second-order valence-electron chi connectivity index (χ2n) is 7.38. The van der Waals surface area contributed by atoms with E-state index in [1.165, 1.54) is 4.90 Å². The highest BCUT2D eigenvalue weighted by Crippen LogP contribution is 2.29. The van der Waals surface area contributed by atoms with Crippen LogP contribution in [-0.4, -0.2) is 58.9 Å². The Labute approximate surface area is 147 Å². The minimum absolute atomic E-state index is 0.103. The molecule has 2 aliphatic heterocycles. The van der Waals surface area contributed by atoms with Gasteiger partial charge in [0.05, 0.1) is 12.2 Å². The lowest BCUT2D eigenvalue weighted by molar-refractivity contribution is 0.0292. The summed E-state index contributed by atoms with van der Waals surface area (Å²) in [5, 5.41) is 0. The third-order valence-corrected chi connectivity index (χ3v) is 4.14. The van der Waals surface area contributed by atoms with E-state index in [9.17, 15) is 9.59 Å². The second kappa shape index (κ2) is 6.50. The first-order valence-electron chi connectivity index (χ1n) is 8.51. The van der Waals surface area contributed by atoms with Crippen LogP contribution in [0.5, 0.6) is 0 Å². The maximum absolute atomic E-state index is 12.2. The number of aryl methyl sites for hydroxylation is 1. The normalized spacial score (nSPS) is 20.8. The van der Waals surface area contributed by atoms with Crippen LogP contribution in [0, 0.1) is 6.92 Å². The Hall–Kier alpha value is -2.38. The molecule has 1 atom stereocenters. The lowest BCUT2D eigenvalue weighted by Crippen LogP contribution is -2.35. The monoisotopic (exact) mass is 348 g/mol. The topological polar surface area (TPSA) is 84.9 Å². The molecule has 3 rings (SSSR count). The third kappa shape index (κ3) is 4.00. The number of rotatable bonds is 2. The molecule has 0 aromatic carbocycles. The molecule has 2 fully saturated rings. The van der Waals surface area contributed by atoms with Gasteiger partial charge in [-0.15, -0.1) is 0 Å². The first-order valence-corrected chi connectivity index (χ1v) is 8.51. The summed E-state index contributed by atoms with van der Waals surface area (Å²) >= 11 is 0. The van der Waals surface area contributed by atoms with Gasteiger partial charge in [-0.05, 0) is 34.1 Å². The van der Waals surface area contributed by atoms with Gasteiger partial charge in [-0.1, -0.05) is 0 Å². The third-order valence-electron chi connectivity index (χ3n) is 4.14. The summed E-state index contributed by atoms with van der Waals surface area (Å²) in [6.45, 7) is 9.40. The van der Waals surface area contributed by atoms with Gasteiger partial charge in [-0.3, -0.25) is 4.90 Å². The maximum atomic E-state index is 12.2. The summed E-state index contributed by atoms with van der Waals surface area (Å²) in [5.41, 5.74) is 0.331. The zero-order valence-corrected chi connectivity index (χ0v) is 15.1. The second-order valence-corrected chi connectivity index (χ2v) is 7.38. The van der Waals surface area contributed by atoms with Gasteiger partial charge in [-0.25, -0.2) is 19.6 Å². The SMILES string of the molecule is Cc1nc(C2CCN(C(=O)OC(C)(C)C)C2)cc(N2CCOC2=O)n1. The van der Waals surface area contributed by atoms with Crippen LogP contribution in [0.25, 0.3) is 0 Å². The molecule has 3 heterocycles. The lowest BCUT2D eigenvalue weighted by atomic mass is 10.0. The first kappa shape index (κ1) is 17.4. The van der Waals surface area contributed by atoms with Crippen molar-refractivity contribution >= 4 is 18.0 Å². The molecule has 8 nitrogen and oxygen atoms in total. The van der Waals surface area contributed by atoms with Gasteiger partial charge in [-0.2, -0.15) is 0 Å². The fourth-order valence-electron chi connectivity index (χ4n) is 3.02. The summed E-state index contributed by atoms with van der Waals surface area (Å²) in [6.07, 6.45) is 0.120. The number of hydrogen-bond donors (Lipinski definition) is 0. The van der Waals surface area contributed by atoms with Crippen molar-refractivity contribution in [2.75, 3.05) is 31.1 Å². The highest BCUT2D eigenvalue weighted by Gasteiger charge is 2.32. The first-order chi connectivity index (χ1) is 11.7. The van der Waals surface area contributed by atoms with Crippen molar-refractivity contribution in [1.29, 1.82) is 0 Å². The number of anilines is 1. The van der Waals surface area contributed by atoms with E-state index in [2.05, 4.69) is 9.97 Å². The van der Waals surface area contributed by atoms with E-state index >= 15 is 0 Å². The number of carbonyl (C=O) groups is 2. The van der Waals surface area contributed by atoms with Crippen molar-refractivity contribution in [1.82, 2.24) is 14.9 Å². The van der Waals surface area contributed by atoms with Crippen molar-refractivity contribution < 1.29 is 19.1 Å². The molecule has 0 saturated carbocycles. The molecule has 0 N–H and O–H groups in total. The molecule has 0 radical (unpaired) electrons. The Balaban J connectivity index is 1.73. The zero-order chi connectivity index (χ0) is 18.2. The predicted octanol–water partition coefficient (Wildman–Crippen LogP) is 2.47. The van der Waals surface area contributed by atoms with Gasteiger partial charge in [0.15, 0.2) is 0 Å². The summed E-state index contributed by atoms with van der Waals surface area (Å²) in [7, 11) is 0. The van der Waals surface area contributed by atoms with Crippen molar-refractivity contribution in [2.24, 2.45) is 0 Å². The van der Waals surface area contributed by atoms with Crippen LogP contribution >= 0.6 is 0 Å². The minimum atomic E-state index is -0.510.